The van der Waals surface area contributed by atoms with Crippen molar-refractivity contribution in [1.29, 1.82) is 0 Å². The summed E-state index contributed by atoms with van der Waals surface area (Å²) in [6.45, 7) is 0. The minimum absolute atomic E-state index is 0.660. The molecule has 0 unspecified atom stereocenters. The lowest BCUT2D eigenvalue weighted by Gasteiger charge is -2.00. The maximum atomic E-state index is 5.98. The quantitative estimate of drug-likeness (QED) is 0.691. The Balaban J connectivity index is 2.54. The van der Waals surface area contributed by atoms with Crippen molar-refractivity contribution < 1.29 is 0 Å². The molecule has 0 amide bonds. The van der Waals surface area contributed by atoms with Gasteiger partial charge in [0.15, 0.2) is 5.82 Å². The SMILES string of the molecule is Clc1ccccc1-c1ncccn1. The fourth-order valence-electron chi connectivity index (χ4n) is 1.08. The molecule has 1 heterocycles. The number of halogens is 1. The first-order valence-electron chi connectivity index (χ1n) is 3.90. The van der Waals surface area contributed by atoms with Crippen LogP contribution in [-0.4, -0.2) is 9.97 Å². The second-order valence-corrected chi connectivity index (χ2v) is 2.96. The molecule has 0 spiro atoms. The summed E-state index contributed by atoms with van der Waals surface area (Å²) in [5, 5.41) is 0.675. The minimum Gasteiger partial charge on any atom is -0.237 e. The lowest BCUT2D eigenvalue weighted by Crippen LogP contribution is -1.86. The van der Waals surface area contributed by atoms with E-state index in [-0.39, 0.29) is 0 Å². The van der Waals surface area contributed by atoms with Gasteiger partial charge in [-0.25, -0.2) is 9.97 Å². The van der Waals surface area contributed by atoms with Crippen molar-refractivity contribution in [3.63, 3.8) is 0 Å². The highest BCUT2D eigenvalue weighted by atomic mass is 35.5. The topological polar surface area (TPSA) is 25.8 Å². The predicted octanol–water partition coefficient (Wildman–Crippen LogP) is 2.80. The molecular formula is C10H7ClN2. The maximum Gasteiger partial charge on any atom is 0.160 e. The number of hydrogen-bond acceptors (Lipinski definition) is 2. The fourth-order valence-corrected chi connectivity index (χ4v) is 1.30. The molecule has 3 heteroatoms. The zero-order chi connectivity index (χ0) is 9.10. The van der Waals surface area contributed by atoms with Gasteiger partial charge in [0.05, 0.1) is 5.02 Å². The Labute approximate surface area is 81.2 Å². The van der Waals surface area contributed by atoms with Crippen LogP contribution in [0.25, 0.3) is 11.4 Å². The maximum absolute atomic E-state index is 5.98. The Kier molecular flexibility index (Phi) is 2.23. The summed E-state index contributed by atoms with van der Waals surface area (Å²) < 4.78 is 0. The van der Waals surface area contributed by atoms with Crippen LogP contribution in [0.5, 0.6) is 0 Å². The van der Waals surface area contributed by atoms with Crippen molar-refractivity contribution in [3.05, 3.63) is 47.7 Å². The smallest absolute Gasteiger partial charge is 0.160 e. The summed E-state index contributed by atoms with van der Waals surface area (Å²) in [6, 6.07) is 9.30. The van der Waals surface area contributed by atoms with Crippen molar-refractivity contribution in [1.82, 2.24) is 9.97 Å². The Morgan fingerprint density at radius 1 is 0.923 bits per heavy atom. The first-order valence-corrected chi connectivity index (χ1v) is 4.27. The average molecular weight is 191 g/mol. The third kappa shape index (κ3) is 1.68. The molecule has 0 aliphatic heterocycles. The molecule has 64 valence electrons. The van der Waals surface area contributed by atoms with Gasteiger partial charge < -0.3 is 0 Å². The predicted molar refractivity (Wildman–Crippen MR) is 52.5 cm³/mol. The Bertz CT molecular complexity index is 401. The molecule has 0 aliphatic carbocycles. The van der Waals surface area contributed by atoms with Gasteiger partial charge in [-0.2, -0.15) is 0 Å². The van der Waals surface area contributed by atoms with E-state index < -0.39 is 0 Å². The van der Waals surface area contributed by atoms with Crippen LogP contribution in [0.2, 0.25) is 5.02 Å². The summed E-state index contributed by atoms with van der Waals surface area (Å²) in [6.07, 6.45) is 3.40. The van der Waals surface area contributed by atoms with E-state index in [1.165, 1.54) is 0 Å². The molecule has 1 aromatic carbocycles. The molecule has 1 aromatic heterocycles. The van der Waals surface area contributed by atoms with E-state index in [0.717, 1.165) is 5.56 Å². The number of benzene rings is 1. The number of rotatable bonds is 1. The first kappa shape index (κ1) is 8.20. The third-order valence-electron chi connectivity index (χ3n) is 1.68. The van der Waals surface area contributed by atoms with Crippen LogP contribution < -0.4 is 0 Å². The molecule has 2 aromatic rings. The van der Waals surface area contributed by atoms with Gasteiger partial charge in [-0.1, -0.05) is 23.7 Å². The summed E-state index contributed by atoms with van der Waals surface area (Å²) in [5.74, 6) is 0.660. The van der Waals surface area contributed by atoms with Crippen molar-refractivity contribution >= 4 is 11.6 Å². The van der Waals surface area contributed by atoms with Crippen LogP contribution in [0, 0.1) is 0 Å². The molecule has 13 heavy (non-hydrogen) atoms. The van der Waals surface area contributed by atoms with E-state index in [1.54, 1.807) is 18.5 Å². The molecule has 2 rings (SSSR count). The molecule has 0 saturated heterocycles. The molecule has 0 radical (unpaired) electrons. The van der Waals surface area contributed by atoms with Crippen LogP contribution in [0.3, 0.4) is 0 Å². The largest absolute Gasteiger partial charge is 0.237 e. The lowest BCUT2D eigenvalue weighted by atomic mass is 10.2. The van der Waals surface area contributed by atoms with Crippen LogP contribution in [0.15, 0.2) is 42.7 Å². The summed E-state index contributed by atoms with van der Waals surface area (Å²) in [7, 11) is 0. The zero-order valence-electron chi connectivity index (χ0n) is 6.81. The van der Waals surface area contributed by atoms with Gasteiger partial charge in [-0.05, 0) is 18.2 Å². The van der Waals surface area contributed by atoms with Gasteiger partial charge in [0.25, 0.3) is 0 Å². The third-order valence-corrected chi connectivity index (χ3v) is 2.01. The van der Waals surface area contributed by atoms with Crippen LogP contribution in [-0.2, 0) is 0 Å². The van der Waals surface area contributed by atoms with Crippen molar-refractivity contribution in [2.45, 2.75) is 0 Å². The molecule has 0 aliphatic rings. The highest BCUT2D eigenvalue weighted by Gasteiger charge is 2.02. The molecule has 0 fully saturated rings. The average Bonchev–Trinajstić information content (AvgIpc) is 2.20. The van der Waals surface area contributed by atoms with E-state index >= 15 is 0 Å². The van der Waals surface area contributed by atoms with Gasteiger partial charge in [0, 0.05) is 18.0 Å². The monoisotopic (exact) mass is 190 g/mol. The van der Waals surface area contributed by atoms with E-state index in [1.807, 2.05) is 24.3 Å². The van der Waals surface area contributed by atoms with E-state index in [4.69, 9.17) is 11.6 Å². The highest BCUT2D eigenvalue weighted by molar-refractivity contribution is 6.33. The second kappa shape index (κ2) is 3.54. The van der Waals surface area contributed by atoms with Crippen LogP contribution >= 0.6 is 11.6 Å². The van der Waals surface area contributed by atoms with Gasteiger partial charge in [-0.3, -0.25) is 0 Å². The van der Waals surface area contributed by atoms with Crippen molar-refractivity contribution in [3.8, 4) is 11.4 Å². The molecule has 0 atom stereocenters. The lowest BCUT2D eigenvalue weighted by molar-refractivity contribution is 1.18. The van der Waals surface area contributed by atoms with Crippen molar-refractivity contribution in [2.75, 3.05) is 0 Å². The summed E-state index contributed by atoms with van der Waals surface area (Å²) >= 11 is 5.98. The fraction of sp³-hybridized carbons (Fsp3) is 0. The highest BCUT2D eigenvalue weighted by Crippen LogP contribution is 2.23. The second-order valence-electron chi connectivity index (χ2n) is 2.55. The Morgan fingerprint density at radius 3 is 2.31 bits per heavy atom. The van der Waals surface area contributed by atoms with E-state index in [9.17, 15) is 0 Å². The van der Waals surface area contributed by atoms with E-state index in [0.29, 0.717) is 10.8 Å². The normalized spacial score (nSPS) is 9.92. The summed E-state index contributed by atoms with van der Waals surface area (Å²) in [4.78, 5) is 8.23. The molecule has 0 N–H and O–H groups in total. The standard InChI is InChI=1S/C10H7ClN2/c11-9-5-2-1-4-8(9)10-12-6-3-7-13-10/h1-7H. The van der Waals surface area contributed by atoms with Gasteiger partial charge in [0.2, 0.25) is 0 Å². The molecular weight excluding hydrogens is 184 g/mol. The molecule has 0 saturated carbocycles. The summed E-state index contributed by atoms with van der Waals surface area (Å²) in [5.41, 5.74) is 0.866. The zero-order valence-corrected chi connectivity index (χ0v) is 7.57. The molecule has 0 bridgehead atoms. The van der Waals surface area contributed by atoms with Crippen LogP contribution in [0.4, 0.5) is 0 Å². The molecule has 2 nitrogen and oxygen atoms in total. The van der Waals surface area contributed by atoms with Gasteiger partial charge in [-0.15, -0.1) is 0 Å². The minimum atomic E-state index is 0.660. The number of hydrogen-bond donors (Lipinski definition) is 0. The Hall–Kier alpha value is -1.41. The van der Waals surface area contributed by atoms with Gasteiger partial charge in [0.1, 0.15) is 0 Å². The number of nitrogens with zero attached hydrogens (tertiary/aromatic N) is 2. The Morgan fingerprint density at radius 2 is 1.62 bits per heavy atom. The van der Waals surface area contributed by atoms with Crippen LogP contribution in [0.1, 0.15) is 0 Å². The van der Waals surface area contributed by atoms with Gasteiger partial charge >= 0.3 is 0 Å². The number of aromatic nitrogens is 2. The van der Waals surface area contributed by atoms with Crippen molar-refractivity contribution in [2.24, 2.45) is 0 Å². The first-order chi connectivity index (χ1) is 6.38. The van der Waals surface area contributed by atoms with E-state index in [2.05, 4.69) is 9.97 Å².